The van der Waals surface area contributed by atoms with Crippen LogP contribution in [0.5, 0.6) is 5.75 Å². The van der Waals surface area contributed by atoms with Crippen molar-refractivity contribution in [2.45, 2.75) is 6.54 Å². The quantitative estimate of drug-likeness (QED) is 0.880. The van der Waals surface area contributed by atoms with Crippen molar-refractivity contribution in [3.63, 3.8) is 0 Å². The minimum atomic E-state index is -0.900. The fourth-order valence-electron chi connectivity index (χ4n) is 2.40. The van der Waals surface area contributed by atoms with E-state index in [1.807, 2.05) is 4.90 Å². The number of nitrogens with zero attached hydrogens (tertiary/aromatic N) is 4. The summed E-state index contributed by atoms with van der Waals surface area (Å²) in [5.41, 5.74) is 0.381. The second-order valence-corrected chi connectivity index (χ2v) is 5.66. The van der Waals surface area contributed by atoms with Crippen LogP contribution in [-0.2, 0) is 6.54 Å². The zero-order valence-electron chi connectivity index (χ0n) is 12.1. The molecular formula is C14H15ClN4O4. The average Bonchev–Trinajstić information content (AvgIpc) is 2.98. The maximum absolute atomic E-state index is 10.9. The van der Waals surface area contributed by atoms with Crippen LogP contribution in [0.25, 0.3) is 11.5 Å². The van der Waals surface area contributed by atoms with Crippen LogP contribution in [0, 0.1) is 0 Å². The number of carbonyl (C=O) groups is 1. The molecule has 23 heavy (non-hydrogen) atoms. The number of phenolic OH excluding ortho intramolecular Hbond substituents is 1. The second-order valence-electron chi connectivity index (χ2n) is 5.22. The lowest BCUT2D eigenvalue weighted by Crippen LogP contribution is -2.47. The van der Waals surface area contributed by atoms with E-state index >= 15 is 0 Å². The highest BCUT2D eigenvalue weighted by Gasteiger charge is 2.22. The molecule has 9 heteroatoms. The summed E-state index contributed by atoms with van der Waals surface area (Å²) in [6, 6.07) is 4.59. The maximum Gasteiger partial charge on any atom is 0.407 e. The number of aromatic nitrogens is 2. The van der Waals surface area contributed by atoms with Crippen LogP contribution in [0.3, 0.4) is 0 Å². The van der Waals surface area contributed by atoms with Gasteiger partial charge in [-0.15, -0.1) is 0 Å². The first-order valence-electron chi connectivity index (χ1n) is 7.04. The molecule has 1 amide bonds. The summed E-state index contributed by atoms with van der Waals surface area (Å²) in [6.45, 7) is 2.58. The van der Waals surface area contributed by atoms with Gasteiger partial charge in [0.05, 0.1) is 12.1 Å². The summed E-state index contributed by atoms with van der Waals surface area (Å²) >= 11 is 5.91. The molecule has 1 aromatic carbocycles. The first kappa shape index (κ1) is 15.6. The van der Waals surface area contributed by atoms with Gasteiger partial charge in [0.2, 0.25) is 0 Å². The number of rotatable bonds is 3. The Morgan fingerprint density at radius 3 is 2.74 bits per heavy atom. The number of piperazine rings is 1. The number of amides is 1. The Bertz CT molecular complexity index is 713. The van der Waals surface area contributed by atoms with Crippen LogP contribution in [0.1, 0.15) is 5.82 Å². The zero-order chi connectivity index (χ0) is 16.4. The van der Waals surface area contributed by atoms with E-state index in [1.54, 1.807) is 12.1 Å². The first-order chi connectivity index (χ1) is 11.0. The van der Waals surface area contributed by atoms with Gasteiger partial charge in [-0.25, -0.2) is 4.79 Å². The van der Waals surface area contributed by atoms with E-state index in [0.717, 1.165) is 0 Å². The maximum atomic E-state index is 10.9. The predicted octanol–water partition coefficient (Wildman–Crippen LogP) is 1.89. The van der Waals surface area contributed by atoms with Crippen molar-refractivity contribution >= 4 is 17.7 Å². The molecule has 1 aromatic heterocycles. The third-order valence-electron chi connectivity index (χ3n) is 3.66. The number of carboxylic acid groups (broad SMARTS) is 1. The average molecular weight is 339 g/mol. The summed E-state index contributed by atoms with van der Waals surface area (Å²) in [5.74, 6) is 0.687. The molecule has 2 heterocycles. The van der Waals surface area contributed by atoms with E-state index in [9.17, 15) is 9.90 Å². The largest absolute Gasteiger partial charge is 0.507 e. The van der Waals surface area contributed by atoms with Crippen LogP contribution in [-0.4, -0.2) is 62.4 Å². The van der Waals surface area contributed by atoms with Gasteiger partial charge in [-0.3, -0.25) is 4.90 Å². The SMILES string of the molecule is O=C(O)N1CCN(Cc2noc(-c3cc(Cl)ccc3O)n2)CC1. The topological polar surface area (TPSA) is 103 Å². The third kappa shape index (κ3) is 3.54. The molecule has 1 saturated heterocycles. The van der Waals surface area contributed by atoms with E-state index in [2.05, 4.69) is 10.1 Å². The molecule has 0 aliphatic carbocycles. The number of aromatic hydroxyl groups is 1. The van der Waals surface area contributed by atoms with Gasteiger partial charge < -0.3 is 19.6 Å². The summed E-state index contributed by atoms with van der Waals surface area (Å²) < 4.78 is 5.18. The fraction of sp³-hybridized carbons (Fsp3) is 0.357. The van der Waals surface area contributed by atoms with Crippen molar-refractivity contribution in [2.24, 2.45) is 0 Å². The van der Waals surface area contributed by atoms with Crippen molar-refractivity contribution in [3.05, 3.63) is 29.0 Å². The molecule has 3 rings (SSSR count). The van der Waals surface area contributed by atoms with E-state index in [4.69, 9.17) is 21.2 Å². The van der Waals surface area contributed by atoms with Crippen LogP contribution in [0.2, 0.25) is 5.02 Å². The molecule has 8 nitrogen and oxygen atoms in total. The molecule has 1 aliphatic rings. The van der Waals surface area contributed by atoms with Gasteiger partial charge in [-0.1, -0.05) is 16.8 Å². The monoisotopic (exact) mass is 338 g/mol. The highest BCUT2D eigenvalue weighted by Crippen LogP contribution is 2.30. The number of hydrogen-bond acceptors (Lipinski definition) is 6. The Hall–Kier alpha value is -2.32. The number of hydrogen-bond donors (Lipinski definition) is 2. The lowest BCUT2D eigenvalue weighted by atomic mass is 10.2. The molecule has 0 atom stereocenters. The molecule has 0 spiro atoms. The Kier molecular flexibility index (Phi) is 4.35. The van der Waals surface area contributed by atoms with Crippen molar-refractivity contribution in [1.29, 1.82) is 0 Å². The molecular weight excluding hydrogens is 324 g/mol. The van der Waals surface area contributed by atoms with Crippen LogP contribution < -0.4 is 0 Å². The molecule has 2 N–H and O–H groups in total. The normalized spacial score (nSPS) is 15.8. The minimum absolute atomic E-state index is 0.0136. The van der Waals surface area contributed by atoms with Crippen molar-refractivity contribution in [2.75, 3.05) is 26.2 Å². The van der Waals surface area contributed by atoms with E-state index in [0.29, 0.717) is 49.1 Å². The van der Waals surface area contributed by atoms with Gasteiger partial charge >= 0.3 is 6.09 Å². The highest BCUT2D eigenvalue weighted by molar-refractivity contribution is 6.30. The molecule has 122 valence electrons. The number of benzene rings is 1. The molecule has 0 unspecified atom stereocenters. The first-order valence-corrected chi connectivity index (χ1v) is 7.42. The summed E-state index contributed by atoms with van der Waals surface area (Å²) in [4.78, 5) is 18.6. The third-order valence-corrected chi connectivity index (χ3v) is 3.90. The van der Waals surface area contributed by atoms with Crippen molar-refractivity contribution in [1.82, 2.24) is 19.9 Å². The fourth-order valence-corrected chi connectivity index (χ4v) is 2.58. The summed E-state index contributed by atoms with van der Waals surface area (Å²) in [6.07, 6.45) is -0.900. The molecule has 0 bridgehead atoms. The molecule has 0 saturated carbocycles. The number of halogens is 1. The van der Waals surface area contributed by atoms with E-state index in [-0.39, 0.29) is 11.6 Å². The van der Waals surface area contributed by atoms with Crippen molar-refractivity contribution < 1.29 is 19.5 Å². The standard InChI is InChI=1S/C14H15ClN4O4/c15-9-1-2-11(20)10(7-9)13-16-12(17-23-13)8-18-3-5-19(6-4-18)14(21)22/h1-2,7,20H,3-6,8H2,(H,21,22). The molecule has 1 fully saturated rings. The molecule has 0 radical (unpaired) electrons. The predicted molar refractivity (Wildman–Crippen MR) is 81.3 cm³/mol. The van der Waals surface area contributed by atoms with Gasteiger partial charge in [-0.2, -0.15) is 4.98 Å². The Labute approximate surface area is 136 Å². The summed E-state index contributed by atoms with van der Waals surface area (Å²) in [7, 11) is 0. The number of phenols is 1. The van der Waals surface area contributed by atoms with E-state index in [1.165, 1.54) is 11.0 Å². The Balaban J connectivity index is 1.66. The molecule has 2 aromatic rings. The summed E-state index contributed by atoms with van der Waals surface area (Å²) in [5, 5.41) is 23.1. The lowest BCUT2D eigenvalue weighted by molar-refractivity contribution is 0.101. The van der Waals surface area contributed by atoms with Gasteiger partial charge in [-0.05, 0) is 18.2 Å². The van der Waals surface area contributed by atoms with Crippen LogP contribution in [0.4, 0.5) is 4.79 Å². The van der Waals surface area contributed by atoms with E-state index < -0.39 is 6.09 Å². The van der Waals surface area contributed by atoms with Gasteiger partial charge in [0.15, 0.2) is 5.82 Å². The van der Waals surface area contributed by atoms with Gasteiger partial charge in [0.25, 0.3) is 5.89 Å². The highest BCUT2D eigenvalue weighted by atomic mass is 35.5. The second kappa shape index (κ2) is 6.43. The van der Waals surface area contributed by atoms with Gasteiger partial charge in [0, 0.05) is 31.2 Å². The van der Waals surface area contributed by atoms with Gasteiger partial charge in [0.1, 0.15) is 5.75 Å². The minimum Gasteiger partial charge on any atom is -0.507 e. The zero-order valence-corrected chi connectivity index (χ0v) is 12.9. The van der Waals surface area contributed by atoms with Crippen LogP contribution in [0.15, 0.2) is 22.7 Å². The Morgan fingerprint density at radius 2 is 2.04 bits per heavy atom. The lowest BCUT2D eigenvalue weighted by Gasteiger charge is -2.32. The Morgan fingerprint density at radius 1 is 1.30 bits per heavy atom. The smallest absolute Gasteiger partial charge is 0.407 e. The molecule has 1 aliphatic heterocycles. The van der Waals surface area contributed by atoms with Crippen LogP contribution >= 0.6 is 11.6 Å². The van der Waals surface area contributed by atoms with Crippen molar-refractivity contribution in [3.8, 4) is 17.2 Å².